The minimum Gasteiger partial charge on any atom is -0.546 e. The monoisotopic (exact) mass is 386 g/mol. The van der Waals surface area contributed by atoms with Gasteiger partial charge in [-0.3, -0.25) is 14.5 Å². The number of carbonyl (C=O) groups excluding carboxylic acids is 3. The Labute approximate surface area is 158 Å². The van der Waals surface area contributed by atoms with Gasteiger partial charge >= 0.3 is 0 Å². The Bertz CT molecular complexity index is 909. The number of benzene rings is 2. The van der Waals surface area contributed by atoms with Gasteiger partial charge in [0.05, 0.1) is 17.4 Å². The zero-order chi connectivity index (χ0) is 19.4. The van der Waals surface area contributed by atoms with E-state index in [9.17, 15) is 23.9 Å². The summed E-state index contributed by atoms with van der Waals surface area (Å²) in [6, 6.07) is 12.0. The fourth-order valence-electron chi connectivity index (χ4n) is 2.36. The molecule has 0 saturated carbocycles. The van der Waals surface area contributed by atoms with Crippen LogP contribution in [0.3, 0.4) is 0 Å². The maximum atomic E-state index is 13.0. The Morgan fingerprint density at radius 1 is 1.11 bits per heavy atom. The first-order valence-corrected chi connectivity index (χ1v) is 8.66. The summed E-state index contributed by atoms with van der Waals surface area (Å²) >= 11 is 0.825. The molecule has 1 saturated heterocycles. The van der Waals surface area contributed by atoms with Crippen molar-refractivity contribution in [3.63, 3.8) is 0 Å². The summed E-state index contributed by atoms with van der Waals surface area (Å²) < 4.78 is 18.0. The lowest BCUT2D eigenvalue weighted by atomic mass is 10.2. The van der Waals surface area contributed by atoms with E-state index in [1.165, 1.54) is 24.3 Å². The van der Waals surface area contributed by atoms with Gasteiger partial charge in [-0.2, -0.15) is 0 Å². The molecule has 6 nitrogen and oxygen atoms in total. The second-order valence-corrected chi connectivity index (χ2v) is 6.62. The number of carboxylic acids is 1. The van der Waals surface area contributed by atoms with Crippen molar-refractivity contribution < 1.29 is 28.6 Å². The first-order valence-electron chi connectivity index (χ1n) is 7.85. The third kappa shape index (κ3) is 4.73. The molecule has 0 atom stereocenters. The first kappa shape index (κ1) is 18.7. The highest BCUT2D eigenvalue weighted by atomic mass is 32.2. The highest BCUT2D eigenvalue weighted by Crippen LogP contribution is 2.33. The van der Waals surface area contributed by atoms with E-state index in [1.807, 2.05) is 0 Å². The number of amides is 2. The smallest absolute Gasteiger partial charge is 0.293 e. The number of hydrogen-bond donors (Lipinski definition) is 0. The van der Waals surface area contributed by atoms with Crippen LogP contribution >= 0.6 is 11.8 Å². The van der Waals surface area contributed by atoms with Crippen molar-refractivity contribution in [3.8, 4) is 5.75 Å². The van der Waals surface area contributed by atoms with Crippen LogP contribution in [0.15, 0.2) is 53.4 Å². The van der Waals surface area contributed by atoms with E-state index < -0.39 is 23.7 Å². The zero-order valence-electron chi connectivity index (χ0n) is 13.9. The molecule has 2 aromatic rings. The number of ether oxygens (including phenoxy) is 1. The Morgan fingerprint density at radius 3 is 2.41 bits per heavy atom. The van der Waals surface area contributed by atoms with Crippen LogP contribution in [-0.4, -0.2) is 28.6 Å². The molecular formula is C19H13FNO5S-. The second-order valence-electron chi connectivity index (χ2n) is 5.62. The van der Waals surface area contributed by atoms with E-state index in [1.54, 1.807) is 30.3 Å². The standard InChI is InChI=1S/C19H14FNO5S/c20-14-5-1-13(2-6-14)10-21-18(24)16(27-19(21)25)9-12-3-7-15(8-4-12)26-11-17(22)23/h1-9H,10-11H2,(H,22,23)/p-1/b16-9-. The lowest BCUT2D eigenvalue weighted by Gasteiger charge is -2.12. The van der Waals surface area contributed by atoms with Crippen molar-refractivity contribution >= 4 is 35.0 Å². The molecule has 138 valence electrons. The van der Waals surface area contributed by atoms with Crippen LogP contribution < -0.4 is 9.84 Å². The number of rotatable bonds is 6. The predicted octanol–water partition coefficient (Wildman–Crippen LogP) is 2.19. The Morgan fingerprint density at radius 2 is 1.78 bits per heavy atom. The number of imide groups is 1. The summed E-state index contributed by atoms with van der Waals surface area (Å²) in [5.41, 5.74) is 1.30. The van der Waals surface area contributed by atoms with Crippen molar-refractivity contribution in [1.82, 2.24) is 4.90 Å². The van der Waals surface area contributed by atoms with E-state index in [4.69, 9.17) is 4.74 Å². The van der Waals surface area contributed by atoms with Gasteiger partial charge in [-0.1, -0.05) is 24.3 Å². The number of aliphatic carboxylic acids is 1. The van der Waals surface area contributed by atoms with Crippen LogP contribution in [0, 0.1) is 5.82 Å². The van der Waals surface area contributed by atoms with Gasteiger partial charge in [0, 0.05) is 0 Å². The Balaban J connectivity index is 1.70. The van der Waals surface area contributed by atoms with Gasteiger partial charge in [0.2, 0.25) is 0 Å². The molecule has 2 amide bonds. The molecule has 1 heterocycles. The van der Waals surface area contributed by atoms with Crippen molar-refractivity contribution in [3.05, 3.63) is 70.4 Å². The van der Waals surface area contributed by atoms with Crippen molar-refractivity contribution in [2.45, 2.75) is 6.54 Å². The molecule has 0 radical (unpaired) electrons. The van der Waals surface area contributed by atoms with Gasteiger partial charge < -0.3 is 14.6 Å². The fourth-order valence-corrected chi connectivity index (χ4v) is 3.20. The molecule has 2 aromatic carbocycles. The van der Waals surface area contributed by atoms with E-state index in [0.29, 0.717) is 16.9 Å². The van der Waals surface area contributed by atoms with Gasteiger partial charge in [0.25, 0.3) is 11.1 Å². The SMILES string of the molecule is O=C([O-])COc1ccc(/C=C2\SC(=O)N(Cc3ccc(F)cc3)C2=O)cc1. The minimum absolute atomic E-state index is 0.0677. The molecule has 1 fully saturated rings. The maximum absolute atomic E-state index is 13.0. The molecule has 0 unspecified atom stereocenters. The first-order chi connectivity index (χ1) is 12.9. The van der Waals surface area contributed by atoms with Crippen LogP contribution in [0.1, 0.15) is 11.1 Å². The average Bonchev–Trinajstić information content (AvgIpc) is 2.90. The van der Waals surface area contributed by atoms with Crippen LogP contribution in [0.2, 0.25) is 0 Å². The van der Waals surface area contributed by atoms with Crippen LogP contribution in [-0.2, 0) is 16.1 Å². The van der Waals surface area contributed by atoms with Gasteiger partial charge in [-0.15, -0.1) is 0 Å². The number of nitrogens with zero attached hydrogens (tertiary/aromatic N) is 1. The van der Waals surface area contributed by atoms with E-state index in [0.717, 1.165) is 16.7 Å². The molecule has 3 rings (SSSR count). The molecule has 1 aliphatic heterocycles. The normalized spacial score (nSPS) is 15.4. The molecule has 0 aliphatic carbocycles. The molecule has 0 bridgehead atoms. The quantitative estimate of drug-likeness (QED) is 0.708. The maximum Gasteiger partial charge on any atom is 0.293 e. The van der Waals surface area contributed by atoms with Gasteiger partial charge in [-0.05, 0) is 53.2 Å². The Hall–Kier alpha value is -3.13. The Kier molecular flexibility index (Phi) is 5.56. The summed E-state index contributed by atoms with van der Waals surface area (Å²) in [4.78, 5) is 36.4. The van der Waals surface area contributed by atoms with Crippen molar-refractivity contribution in [2.75, 3.05) is 6.61 Å². The second kappa shape index (κ2) is 8.05. The van der Waals surface area contributed by atoms with Crippen molar-refractivity contribution in [1.29, 1.82) is 0 Å². The fraction of sp³-hybridized carbons (Fsp3) is 0.105. The molecule has 0 spiro atoms. The summed E-state index contributed by atoms with van der Waals surface area (Å²) in [6.07, 6.45) is 1.57. The lowest BCUT2D eigenvalue weighted by Crippen LogP contribution is -2.28. The van der Waals surface area contributed by atoms with Gasteiger partial charge in [0.1, 0.15) is 18.2 Å². The molecule has 27 heavy (non-hydrogen) atoms. The van der Waals surface area contributed by atoms with Crippen LogP contribution in [0.4, 0.5) is 9.18 Å². The summed E-state index contributed by atoms with van der Waals surface area (Å²) in [6.45, 7) is -0.486. The molecule has 1 aliphatic rings. The number of thioether (sulfide) groups is 1. The highest BCUT2D eigenvalue weighted by Gasteiger charge is 2.34. The number of halogens is 1. The van der Waals surface area contributed by atoms with Crippen LogP contribution in [0.25, 0.3) is 6.08 Å². The average molecular weight is 386 g/mol. The zero-order valence-corrected chi connectivity index (χ0v) is 14.7. The lowest BCUT2D eigenvalue weighted by molar-refractivity contribution is -0.307. The number of carboxylic acid groups (broad SMARTS) is 1. The third-order valence-corrected chi connectivity index (χ3v) is 4.57. The molecular weight excluding hydrogens is 373 g/mol. The van der Waals surface area contributed by atoms with E-state index >= 15 is 0 Å². The van der Waals surface area contributed by atoms with E-state index in [-0.39, 0.29) is 17.3 Å². The van der Waals surface area contributed by atoms with Gasteiger partial charge in [-0.25, -0.2) is 4.39 Å². The molecule has 0 aromatic heterocycles. The van der Waals surface area contributed by atoms with E-state index in [2.05, 4.69) is 0 Å². The molecule has 8 heteroatoms. The number of hydrogen-bond acceptors (Lipinski definition) is 6. The van der Waals surface area contributed by atoms with Crippen LogP contribution in [0.5, 0.6) is 5.75 Å². The van der Waals surface area contributed by atoms with Crippen molar-refractivity contribution in [2.24, 2.45) is 0 Å². The number of carbonyl (C=O) groups is 3. The van der Waals surface area contributed by atoms with Gasteiger partial charge in [0.15, 0.2) is 0 Å². The largest absolute Gasteiger partial charge is 0.546 e. The third-order valence-electron chi connectivity index (χ3n) is 3.66. The summed E-state index contributed by atoms with van der Waals surface area (Å²) in [5, 5.41) is 9.98. The summed E-state index contributed by atoms with van der Waals surface area (Å²) in [5.74, 6) is -1.79. The highest BCUT2D eigenvalue weighted by molar-refractivity contribution is 8.18. The molecule has 0 N–H and O–H groups in total. The topological polar surface area (TPSA) is 86.7 Å². The minimum atomic E-state index is -1.33. The summed E-state index contributed by atoms with van der Waals surface area (Å²) in [7, 11) is 0. The predicted molar refractivity (Wildman–Crippen MR) is 94.9 cm³/mol.